The molecule has 1 heterocycles. The first-order valence-electron chi connectivity index (χ1n) is 7.07. The molecule has 1 aliphatic heterocycles. The van der Waals surface area contributed by atoms with Crippen LogP contribution in [0.4, 0.5) is 0 Å². The number of nitrogens with one attached hydrogen (secondary N) is 1. The quantitative estimate of drug-likeness (QED) is 0.765. The predicted molar refractivity (Wildman–Crippen MR) is 74.7 cm³/mol. The second kappa shape index (κ2) is 4.72. The van der Waals surface area contributed by atoms with Gasteiger partial charge in [0.15, 0.2) is 0 Å². The fourth-order valence-corrected chi connectivity index (χ4v) is 3.78. The number of hydrogen-bond acceptors (Lipinski definition) is 4. The minimum Gasteiger partial charge on any atom is -0.377 e. The summed E-state index contributed by atoms with van der Waals surface area (Å²) in [7, 11) is 3.99. The van der Waals surface area contributed by atoms with Crippen LogP contribution >= 0.6 is 0 Å². The van der Waals surface area contributed by atoms with E-state index in [2.05, 4.69) is 10.2 Å². The second-order valence-electron chi connectivity index (χ2n) is 6.91. The Morgan fingerprint density at radius 3 is 2.74 bits per heavy atom. The second-order valence-corrected chi connectivity index (χ2v) is 6.91. The Labute approximate surface area is 115 Å². The lowest BCUT2D eigenvalue weighted by Gasteiger charge is -2.60. The van der Waals surface area contributed by atoms with Gasteiger partial charge in [0.1, 0.15) is 5.54 Å². The molecule has 0 aromatic rings. The highest BCUT2D eigenvalue weighted by atomic mass is 16.5. The molecule has 0 radical (unpaired) electrons. The molecule has 2 rings (SSSR count). The van der Waals surface area contributed by atoms with E-state index in [1.54, 1.807) is 0 Å². The number of carbonyl (C=O) groups is 1. The van der Waals surface area contributed by atoms with E-state index in [9.17, 15) is 4.79 Å². The summed E-state index contributed by atoms with van der Waals surface area (Å²) in [6.07, 6.45) is 1.02. The van der Waals surface area contributed by atoms with Crippen LogP contribution in [0.1, 0.15) is 27.2 Å². The summed E-state index contributed by atoms with van der Waals surface area (Å²) in [5.41, 5.74) is 5.39. The van der Waals surface area contributed by atoms with E-state index in [0.717, 1.165) is 19.6 Å². The Bertz CT molecular complexity index is 370. The smallest absolute Gasteiger partial charge is 0.241 e. The summed E-state index contributed by atoms with van der Waals surface area (Å²) in [5.74, 6) is 0.132. The predicted octanol–water partition coefficient (Wildman–Crippen LogP) is 0.195. The molecular formula is C14H27N3O2. The molecule has 0 aromatic heterocycles. The third-order valence-corrected chi connectivity index (χ3v) is 4.85. The standard InChI is InChI=1S/C14H27N3O2/c1-9(8-17(4)5)16-12(18)14(15)10-6-7-19-11(10)13(14,2)3/h9-11H,6-8,15H2,1-5H3,(H,16,18). The van der Waals surface area contributed by atoms with E-state index in [1.165, 1.54) is 0 Å². The van der Waals surface area contributed by atoms with E-state index in [1.807, 2.05) is 34.9 Å². The van der Waals surface area contributed by atoms with Gasteiger partial charge in [0.2, 0.25) is 5.91 Å². The Morgan fingerprint density at radius 2 is 2.16 bits per heavy atom. The number of ether oxygens (including phenoxy) is 1. The Morgan fingerprint density at radius 1 is 1.53 bits per heavy atom. The molecule has 5 nitrogen and oxygen atoms in total. The molecule has 19 heavy (non-hydrogen) atoms. The molecule has 1 amide bonds. The van der Waals surface area contributed by atoms with E-state index >= 15 is 0 Å². The number of nitrogens with two attached hydrogens (primary N) is 1. The zero-order valence-corrected chi connectivity index (χ0v) is 12.7. The monoisotopic (exact) mass is 269 g/mol. The van der Waals surface area contributed by atoms with Gasteiger partial charge >= 0.3 is 0 Å². The van der Waals surface area contributed by atoms with E-state index in [4.69, 9.17) is 10.5 Å². The Balaban J connectivity index is 2.06. The molecule has 4 atom stereocenters. The van der Waals surface area contributed by atoms with E-state index in [-0.39, 0.29) is 29.4 Å². The first kappa shape index (κ1) is 14.8. The van der Waals surface area contributed by atoms with Crippen molar-refractivity contribution in [2.24, 2.45) is 17.1 Å². The molecule has 5 heteroatoms. The van der Waals surface area contributed by atoms with E-state index in [0.29, 0.717) is 0 Å². The van der Waals surface area contributed by atoms with Crippen molar-refractivity contribution in [2.75, 3.05) is 27.2 Å². The van der Waals surface area contributed by atoms with Crippen LogP contribution in [0.25, 0.3) is 0 Å². The van der Waals surface area contributed by atoms with Crippen LogP contribution in [-0.2, 0) is 9.53 Å². The number of carbonyl (C=O) groups excluding carboxylic acids is 1. The Kier molecular flexibility index (Phi) is 3.66. The minimum absolute atomic E-state index is 0.0291. The van der Waals surface area contributed by atoms with Gasteiger partial charge in [-0.05, 0) is 27.4 Å². The lowest BCUT2D eigenvalue weighted by molar-refractivity contribution is -0.175. The molecule has 1 aliphatic carbocycles. The number of rotatable bonds is 4. The van der Waals surface area contributed by atoms with Crippen molar-refractivity contribution in [2.45, 2.75) is 44.9 Å². The summed E-state index contributed by atoms with van der Waals surface area (Å²) in [4.78, 5) is 14.6. The van der Waals surface area contributed by atoms with Crippen LogP contribution in [0.5, 0.6) is 0 Å². The van der Waals surface area contributed by atoms with Crippen molar-refractivity contribution in [3.05, 3.63) is 0 Å². The summed E-state index contributed by atoms with van der Waals surface area (Å²) < 4.78 is 5.71. The van der Waals surface area contributed by atoms with Crippen molar-refractivity contribution < 1.29 is 9.53 Å². The minimum atomic E-state index is -0.797. The average molecular weight is 269 g/mol. The van der Waals surface area contributed by atoms with Gasteiger partial charge in [-0.2, -0.15) is 0 Å². The molecule has 0 bridgehead atoms. The van der Waals surface area contributed by atoms with Crippen LogP contribution in [0.2, 0.25) is 0 Å². The van der Waals surface area contributed by atoms with Crippen LogP contribution in [-0.4, -0.2) is 55.7 Å². The van der Waals surface area contributed by atoms with Gasteiger partial charge in [0.25, 0.3) is 0 Å². The lowest BCUT2D eigenvalue weighted by atomic mass is 9.48. The van der Waals surface area contributed by atoms with Crippen molar-refractivity contribution in [1.82, 2.24) is 10.2 Å². The van der Waals surface area contributed by atoms with Crippen LogP contribution in [0, 0.1) is 11.3 Å². The molecule has 3 N–H and O–H groups in total. The maximum Gasteiger partial charge on any atom is 0.241 e. The molecule has 0 aromatic carbocycles. The molecule has 2 fully saturated rings. The van der Waals surface area contributed by atoms with Crippen molar-refractivity contribution in [3.63, 3.8) is 0 Å². The lowest BCUT2D eigenvalue weighted by Crippen LogP contribution is -2.80. The Hall–Kier alpha value is -0.650. The molecule has 4 unspecified atom stereocenters. The third kappa shape index (κ3) is 2.08. The topological polar surface area (TPSA) is 67.6 Å². The molecule has 1 saturated heterocycles. The van der Waals surface area contributed by atoms with Gasteiger partial charge in [-0.15, -0.1) is 0 Å². The number of likely N-dealkylation sites (N-methyl/N-ethyl adjacent to an activating group) is 1. The molecule has 0 spiro atoms. The maximum absolute atomic E-state index is 12.6. The average Bonchev–Trinajstić information content (AvgIpc) is 2.73. The first-order valence-corrected chi connectivity index (χ1v) is 7.07. The van der Waals surface area contributed by atoms with Crippen molar-refractivity contribution in [3.8, 4) is 0 Å². The number of amides is 1. The molecule has 110 valence electrons. The summed E-state index contributed by atoms with van der Waals surface area (Å²) in [5, 5.41) is 3.06. The SMILES string of the molecule is CC(CN(C)C)NC(=O)C1(N)C2CCOC2C1(C)C. The summed E-state index contributed by atoms with van der Waals surface area (Å²) in [6, 6.07) is 0.0973. The van der Waals surface area contributed by atoms with Gasteiger partial charge < -0.3 is 20.7 Å². The van der Waals surface area contributed by atoms with Crippen LogP contribution in [0.15, 0.2) is 0 Å². The van der Waals surface area contributed by atoms with Gasteiger partial charge in [0, 0.05) is 30.5 Å². The normalized spacial score (nSPS) is 37.6. The summed E-state index contributed by atoms with van der Waals surface area (Å²) in [6.45, 7) is 7.62. The maximum atomic E-state index is 12.6. The molecule has 1 saturated carbocycles. The number of nitrogens with zero attached hydrogens (tertiary/aromatic N) is 1. The highest BCUT2D eigenvalue weighted by Gasteiger charge is 2.71. The van der Waals surface area contributed by atoms with E-state index < -0.39 is 5.54 Å². The first-order chi connectivity index (χ1) is 8.71. The summed E-state index contributed by atoms with van der Waals surface area (Å²) >= 11 is 0. The van der Waals surface area contributed by atoms with Gasteiger partial charge in [-0.25, -0.2) is 0 Å². The largest absolute Gasteiger partial charge is 0.377 e. The number of fused-ring (bicyclic) bond motifs is 1. The van der Waals surface area contributed by atoms with Crippen molar-refractivity contribution >= 4 is 5.91 Å². The zero-order chi connectivity index (χ0) is 14.4. The highest BCUT2D eigenvalue weighted by molar-refractivity contribution is 5.89. The fraction of sp³-hybridized carbons (Fsp3) is 0.929. The van der Waals surface area contributed by atoms with Crippen LogP contribution < -0.4 is 11.1 Å². The van der Waals surface area contributed by atoms with Gasteiger partial charge in [0.05, 0.1) is 6.10 Å². The molecule has 2 aliphatic rings. The van der Waals surface area contributed by atoms with Gasteiger partial charge in [-0.3, -0.25) is 4.79 Å². The van der Waals surface area contributed by atoms with Crippen LogP contribution in [0.3, 0.4) is 0 Å². The third-order valence-electron chi connectivity index (χ3n) is 4.85. The number of hydrogen-bond donors (Lipinski definition) is 2. The zero-order valence-electron chi connectivity index (χ0n) is 12.7. The van der Waals surface area contributed by atoms with Crippen molar-refractivity contribution in [1.29, 1.82) is 0 Å². The fourth-order valence-electron chi connectivity index (χ4n) is 3.78. The van der Waals surface area contributed by atoms with Gasteiger partial charge in [-0.1, -0.05) is 13.8 Å². The highest BCUT2D eigenvalue weighted by Crippen LogP contribution is 2.58. The molecular weight excluding hydrogens is 242 g/mol.